The lowest BCUT2D eigenvalue weighted by molar-refractivity contribution is -0.114. The monoisotopic (exact) mass is 552 g/mol. The zero-order valence-electron chi connectivity index (χ0n) is 23.0. The molecule has 0 radical (unpaired) electrons. The van der Waals surface area contributed by atoms with E-state index >= 15 is 0 Å². The van der Waals surface area contributed by atoms with Crippen LogP contribution in [0.25, 0.3) is 0 Å². The average molecular weight is 553 g/mol. The summed E-state index contributed by atoms with van der Waals surface area (Å²) in [4.78, 5) is 26.4. The van der Waals surface area contributed by atoms with Gasteiger partial charge in [0.1, 0.15) is 5.75 Å². The lowest BCUT2D eigenvalue weighted by Gasteiger charge is -2.30. The number of thioether (sulfide) groups is 1. The Morgan fingerprint density at radius 3 is 2.38 bits per heavy atom. The van der Waals surface area contributed by atoms with Gasteiger partial charge in [-0.05, 0) is 69.2 Å². The van der Waals surface area contributed by atoms with E-state index in [0.29, 0.717) is 39.9 Å². The molecular formula is C32H32N4O3S. The zero-order valence-corrected chi connectivity index (χ0v) is 23.8. The van der Waals surface area contributed by atoms with Gasteiger partial charge in [-0.1, -0.05) is 59.8 Å². The number of dihydropyridines is 1. The highest BCUT2D eigenvalue weighted by Gasteiger charge is 2.35. The number of hydrogen-bond donors (Lipinski definition) is 3. The number of rotatable bonds is 9. The molecule has 1 heterocycles. The van der Waals surface area contributed by atoms with Crippen LogP contribution in [0.1, 0.15) is 36.5 Å². The van der Waals surface area contributed by atoms with Crippen molar-refractivity contribution in [2.45, 2.75) is 33.6 Å². The molecule has 3 aromatic rings. The number of allylic oxidation sites excluding steroid dienone is 2. The maximum atomic E-state index is 13.6. The van der Waals surface area contributed by atoms with E-state index in [4.69, 9.17) is 4.74 Å². The molecule has 0 spiro atoms. The van der Waals surface area contributed by atoms with Gasteiger partial charge in [-0.15, -0.1) is 0 Å². The molecule has 204 valence electrons. The summed E-state index contributed by atoms with van der Waals surface area (Å²) in [6, 6.07) is 24.8. The second kappa shape index (κ2) is 13.0. The van der Waals surface area contributed by atoms with Crippen LogP contribution in [0.4, 0.5) is 11.4 Å². The highest BCUT2D eigenvalue weighted by atomic mass is 32.2. The number of nitrogens with one attached hydrogen (secondary N) is 3. The molecule has 4 rings (SSSR count). The van der Waals surface area contributed by atoms with Crippen LogP contribution in [-0.4, -0.2) is 24.2 Å². The van der Waals surface area contributed by atoms with Crippen LogP contribution >= 0.6 is 11.8 Å². The summed E-state index contributed by atoms with van der Waals surface area (Å²) in [5.41, 5.74) is 5.71. The minimum absolute atomic E-state index is 0.0929. The predicted molar refractivity (Wildman–Crippen MR) is 161 cm³/mol. The van der Waals surface area contributed by atoms with Crippen molar-refractivity contribution in [3.05, 3.63) is 111 Å². The number of benzene rings is 3. The molecule has 0 unspecified atom stereocenters. The van der Waals surface area contributed by atoms with E-state index in [1.165, 1.54) is 11.8 Å². The summed E-state index contributed by atoms with van der Waals surface area (Å²) in [7, 11) is 0. The van der Waals surface area contributed by atoms with Crippen LogP contribution in [0.15, 0.2) is 94.7 Å². The van der Waals surface area contributed by atoms with Crippen molar-refractivity contribution < 1.29 is 14.3 Å². The Labute approximate surface area is 239 Å². The van der Waals surface area contributed by atoms with Crippen molar-refractivity contribution >= 4 is 35.0 Å². The van der Waals surface area contributed by atoms with Crippen LogP contribution in [0.2, 0.25) is 0 Å². The van der Waals surface area contributed by atoms with E-state index in [1.54, 1.807) is 0 Å². The number of aryl methyl sites for hydroxylation is 2. The molecule has 3 N–H and O–H groups in total. The first-order chi connectivity index (χ1) is 19.3. The number of hydrogen-bond acceptors (Lipinski definition) is 6. The summed E-state index contributed by atoms with van der Waals surface area (Å²) in [5.74, 6) is -0.322. The zero-order chi connectivity index (χ0) is 28.6. The van der Waals surface area contributed by atoms with Gasteiger partial charge in [-0.2, -0.15) is 5.26 Å². The fourth-order valence-electron chi connectivity index (χ4n) is 4.58. The van der Waals surface area contributed by atoms with Crippen molar-refractivity contribution in [2.75, 3.05) is 23.0 Å². The first kappa shape index (κ1) is 28.5. The third-order valence-corrected chi connectivity index (χ3v) is 7.47. The number of nitriles is 1. The Kier molecular flexibility index (Phi) is 9.31. The highest BCUT2D eigenvalue weighted by molar-refractivity contribution is 8.03. The average Bonchev–Trinajstić information content (AvgIpc) is 2.94. The molecule has 7 nitrogen and oxygen atoms in total. The maximum absolute atomic E-state index is 13.6. The van der Waals surface area contributed by atoms with Crippen molar-refractivity contribution in [3.8, 4) is 11.8 Å². The van der Waals surface area contributed by atoms with Crippen LogP contribution < -0.4 is 20.7 Å². The lowest BCUT2D eigenvalue weighted by atomic mass is 9.82. The van der Waals surface area contributed by atoms with Gasteiger partial charge in [0.2, 0.25) is 5.91 Å². The number of anilines is 2. The van der Waals surface area contributed by atoms with Crippen LogP contribution in [0.3, 0.4) is 0 Å². The maximum Gasteiger partial charge on any atom is 0.254 e. The fourth-order valence-corrected chi connectivity index (χ4v) is 5.47. The SMILES string of the molecule is CCOc1ccc([C@H]2C(C#N)=C(SCC(=O)Nc3ccc(C)cc3C)NC(C)=C2C(=O)Nc2ccccc2)cc1. The molecule has 0 aromatic heterocycles. The molecule has 3 aromatic carbocycles. The molecular weight excluding hydrogens is 520 g/mol. The largest absolute Gasteiger partial charge is 0.494 e. The van der Waals surface area contributed by atoms with Gasteiger partial charge in [0, 0.05) is 22.6 Å². The van der Waals surface area contributed by atoms with Gasteiger partial charge < -0.3 is 20.7 Å². The Balaban J connectivity index is 1.63. The molecule has 0 fully saturated rings. The topological polar surface area (TPSA) is 103 Å². The van der Waals surface area contributed by atoms with Gasteiger partial charge in [0.15, 0.2) is 0 Å². The molecule has 0 saturated carbocycles. The number of nitrogens with zero attached hydrogens (tertiary/aromatic N) is 1. The van der Waals surface area contributed by atoms with Crippen molar-refractivity contribution in [3.63, 3.8) is 0 Å². The Morgan fingerprint density at radius 1 is 1.00 bits per heavy atom. The van der Waals surface area contributed by atoms with Gasteiger partial charge in [-0.3, -0.25) is 9.59 Å². The quantitative estimate of drug-likeness (QED) is 0.284. The van der Waals surface area contributed by atoms with Crippen molar-refractivity contribution in [1.82, 2.24) is 5.32 Å². The van der Waals surface area contributed by atoms with Gasteiger partial charge >= 0.3 is 0 Å². The number of carbonyl (C=O) groups excluding carboxylic acids is 2. The smallest absolute Gasteiger partial charge is 0.254 e. The Hall–Kier alpha value is -4.48. The predicted octanol–water partition coefficient (Wildman–Crippen LogP) is 6.41. The molecule has 40 heavy (non-hydrogen) atoms. The minimum Gasteiger partial charge on any atom is -0.494 e. The molecule has 2 amide bonds. The Bertz CT molecular complexity index is 1510. The molecule has 0 saturated heterocycles. The first-order valence-electron chi connectivity index (χ1n) is 13.0. The van der Waals surface area contributed by atoms with Gasteiger partial charge in [0.25, 0.3) is 5.91 Å². The van der Waals surface area contributed by atoms with Gasteiger partial charge in [0.05, 0.1) is 34.9 Å². The van der Waals surface area contributed by atoms with Crippen LogP contribution in [-0.2, 0) is 9.59 Å². The van der Waals surface area contributed by atoms with E-state index in [0.717, 1.165) is 22.4 Å². The van der Waals surface area contributed by atoms with Crippen molar-refractivity contribution in [1.29, 1.82) is 5.26 Å². The van der Waals surface area contributed by atoms with E-state index in [2.05, 4.69) is 22.0 Å². The lowest BCUT2D eigenvalue weighted by Crippen LogP contribution is -2.31. The molecule has 8 heteroatoms. The molecule has 0 aliphatic carbocycles. The summed E-state index contributed by atoms with van der Waals surface area (Å²) in [5, 5.41) is 20.0. The number of para-hydroxylation sites is 1. The molecule has 1 aliphatic heterocycles. The second-order valence-corrected chi connectivity index (χ2v) is 10.4. The Morgan fingerprint density at radius 2 is 1.73 bits per heavy atom. The highest BCUT2D eigenvalue weighted by Crippen LogP contribution is 2.41. The minimum atomic E-state index is -0.629. The molecule has 1 atom stereocenters. The van der Waals surface area contributed by atoms with E-state index in [9.17, 15) is 14.9 Å². The van der Waals surface area contributed by atoms with Crippen LogP contribution in [0, 0.1) is 25.2 Å². The summed E-state index contributed by atoms with van der Waals surface area (Å²) in [6.07, 6.45) is 0. The van der Waals surface area contributed by atoms with Gasteiger partial charge in [-0.25, -0.2) is 0 Å². The normalized spacial score (nSPS) is 14.7. The van der Waals surface area contributed by atoms with Crippen molar-refractivity contribution in [2.24, 2.45) is 0 Å². The fraction of sp³-hybridized carbons (Fsp3) is 0.219. The summed E-state index contributed by atoms with van der Waals surface area (Å²) >= 11 is 1.24. The first-order valence-corrected chi connectivity index (χ1v) is 14.0. The third kappa shape index (κ3) is 6.74. The summed E-state index contributed by atoms with van der Waals surface area (Å²) < 4.78 is 5.60. The second-order valence-electron chi connectivity index (χ2n) is 9.43. The molecule has 0 bridgehead atoms. The van der Waals surface area contributed by atoms with E-state index < -0.39 is 5.92 Å². The third-order valence-electron chi connectivity index (χ3n) is 6.45. The van der Waals surface area contributed by atoms with Crippen LogP contribution in [0.5, 0.6) is 5.75 Å². The number of ether oxygens (including phenoxy) is 1. The standard InChI is InChI=1S/C32H32N4O3S/c1-5-39-25-14-12-23(13-15-25)30-26(18-33)32(40-19-28(37)36-27-16-11-20(2)17-21(27)3)34-22(4)29(30)31(38)35-24-9-7-6-8-10-24/h6-17,30,34H,5,19H2,1-4H3,(H,35,38)(H,36,37)/t30-/m0/s1. The van der Waals surface area contributed by atoms with E-state index in [1.807, 2.05) is 100 Å². The van der Waals surface area contributed by atoms with E-state index in [-0.39, 0.29) is 17.6 Å². The number of amides is 2. The summed E-state index contributed by atoms with van der Waals surface area (Å²) in [6.45, 7) is 8.21. The number of carbonyl (C=O) groups is 2. The molecule has 1 aliphatic rings.